The summed E-state index contributed by atoms with van der Waals surface area (Å²) in [5.74, 6) is 1.99. The lowest BCUT2D eigenvalue weighted by Gasteiger charge is -2.44. The number of unbranched alkanes of at least 4 members (excludes halogenated alkanes) is 3. The molecule has 0 heterocycles. The Hall–Kier alpha value is -1.49. The normalized spacial score (nSPS) is 35.3. The molecule has 0 radical (unpaired) electrons. The molecular formula is C36H56O4. The molecule has 1 unspecified atom stereocenters. The van der Waals surface area contributed by atoms with E-state index in [-0.39, 0.29) is 10.8 Å². The molecule has 0 aromatic heterocycles. The van der Waals surface area contributed by atoms with Gasteiger partial charge in [-0.2, -0.15) is 0 Å². The van der Waals surface area contributed by atoms with Crippen LogP contribution in [-0.2, 0) is 4.79 Å². The van der Waals surface area contributed by atoms with Crippen molar-refractivity contribution in [3.63, 3.8) is 0 Å². The van der Waals surface area contributed by atoms with Crippen LogP contribution in [0.25, 0.3) is 0 Å². The minimum absolute atomic E-state index is 0.126. The largest absolute Gasteiger partial charge is 0.393 e. The third-order valence-electron chi connectivity index (χ3n) is 11.2. The number of hydrogen-bond acceptors (Lipinski definition) is 4. The molecule has 4 rings (SSSR count). The molecule has 3 N–H and O–H groups in total. The number of hydrogen-bond donors (Lipinski definition) is 3. The average Bonchev–Trinajstić information content (AvgIpc) is 3.64. The highest BCUT2D eigenvalue weighted by Gasteiger charge is 2.50. The van der Waals surface area contributed by atoms with Gasteiger partial charge in [0.1, 0.15) is 5.78 Å². The van der Waals surface area contributed by atoms with E-state index in [0.29, 0.717) is 42.8 Å². The second kappa shape index (κ2) is 13.7. The van der Waals surface area contributed by atoms with E-state index in [2.05, 4.69) is 45.6 Å². The van der Waals surface area contributed by atoms with Crippen molar-refractivity contribution < 1.29 is 20.1 Å². The monoisotopic (exact) mass is 552 g/mol. The summed E-state index contributed by atoms with van der Waals surface area (Å²) < 4.78 is 0. The van der Waals surface area contributed by atoms with Gasteiger partial charge >= 0.3 is 0 Å². The molecule has 4 heteroatoms. The van der Waals surface area contributed by atoms with E-state index in [1.807, 2.05) is 6.08 Å². The van der Waals surface area contributed by atoms with Crippen LogP contribution in [0.2, 0.25) is 0 Å². The van der Waals surface area contributed by atoms with Gasteiger partial charge in [-0.1, -0.05) is 76.5 Å². The minimum atomic E-state index is -0.644. The molecule has 0 aromatic rings. The Bertz CT molecular complexity index is 985. The van der Waals surface area contributed by atoms with Gasteiger partial charge in [-0.05, 0) is 105 Å². The first-order valence-electron chi connectivity index (χ1n) is 16.4. The van der Waals surface area contributed by atoms with Gasteiger partial charge in [0.25, 0.3) is 0 Å². The smallest absolute Gasteiger partial charge is 0.139 e. The molecule has 0 saturated heterocycles. The van der Waals surface area contributed by atoms with Crippen LogP contribution in [0, 0.1) is 28.6 Å². The van der Waals surface area contributed by atoms with Crippen molar-refractivity contribution in [1.82, 2.24) is 0 Å². The fourth-order valence-corrected chi connectivity index (χ4v) is 8.36. The van der Waals surface area contributed by atoms with Crippen molar-refractivity contribution in [3.05, 3.63) is 47.6 Å². The standard InChI is InChI=1S/C36H56O4/c1-5-6-7-8-11-34(40)36(21-22-36)20-18-29(37)15-12-25(2)31-16-17-32-27(10-9-19-35(31,32)4)13-14-28-23-30(38)24-33(39)26(28)3/h12-15,25,29-33,37-39H,3,5-11,16-24H2,1-2,4H3/b15-12+,27-13+,28-14-/t25-,29+,30-,31-,32+,33?,35-/m1/s1. The van der Waals surface area contributed by atoms with E-state index >= 15 is 0 Å². The molecule has 7 atom stereocenters. The van der Waals surface area contributed by atoms with Gasteiger partial charge < -0.3 is 15.3 Å². The summed E-state index contributed by atoms with van der Waals surface area (Å²) in [7, 11) is 0. The number of carbonyl (C=O) groups excluding carboxylic acids is 1. The molecule has 4 saturated carbocycles. The SMILES string of the molecule is C=C1/C(=C\C=C2/CCC[C@]3(C)[C@@H]([C@H](C)/C=C/[C@H](O)CCC4(C(=O)CCCCCC)CC4)CC[C@@H]23)C[C@@H](O)CC1O. The summed E-state index contributed by atoms with van der Waals surface area (Å²) in [5.41, 5.74) is 3.38. The third-order valence-corrected chi connectivity index (χ3v) is 11.2. The van der Waals surface area contributed by atoms with Crippen molar-refractivity contribution in [3.8, 4) is 0 Å². The maximum absolute atomic E-state index is 12.8. The zero-order valence-corrected chi connectivity index (χ0v) is 25.5. The zero-order valence-electron chi connectivity index (χ0n) is 25.5. The minimum Gasteiger partial charge on any atom is -0.393 e. The molecule has 4 aliphatic carbocycles. The summed E-state index contributed by atoms with van der Waals surface area (Å²) in [4.78, 5) is 12.8. The zero-order chi connectivity index (χ0) is 28.9. The molecular weight excluding hydrogens is 496 g/mol. The summed E-state index contributed by atoms with van der Waals surface area (Å²) in [6.07, 6.45) is 22.8. The Morgan fingerprint density at radius 2 is 1.88 bits per heavy atom. The molecule has 0 spiro atoms. The van der Waals surface area contributed by atoms with Crippen LogP contribution in [0.1, 0.15) is 124 Å². The van der Waals surface area contributed by atoms with Crippen LogP contribution in [0.5, 0.6) is 0 Å². The van der Waals surface area contributed by atoms with Crippen molar-refractivity contribution in [2.75, 3.05) is 0 Å². The van der Waals surface area contributed by atoms with Crippen molar-refractivity contribution in [1.29, 1.82) is 0 Å². The topological polar surface area (TPSA) is 77.8 Å². The van der Waals surface area contributed by atoms with Crippen LogP contribution in [0.15, 0.2) is 47.6 Å². The Balaban J connectivity index is 1.31. The van der Waals surface area contributed by atoms with Gasteiger partial charge in [-0.15, -0.1) is 0 Å². The van der Waals surface area contributed by atoms with Crippen LogP contribution in [0.3, 0.4) is 0 Å². The van der Waals surface area contributed by atoms with Gasteiger partial charge in [0, 0.05) is 18.3 Å². The Kier molecular flexibility index (Phi) is 10.7. The molecule has 4 nitrogen and oxygen atoms in total. The second-order valence-electron chi connectivity index (χ2n) is 14.0. The van der Waals surface area contributed by atoms with Crippen LogP contribution in [0.4, 0.5) is 0 Å². The van der Waals surface area contributed by atoms with Crippen LogP contribution in [-0.4, -0.2) is 39.4 Å². The lowest BCUT2D eigenvalue weighted by atomic mass is 9.61. The second-order valence-corrected chi connectivity index (χ2v) is 14.0. The van der Waals surface area contributed by atoms with Gasteiger partial charge in [-0.3, -0.25) is 4.79 Å². The van der Waals surface area contributed by atoms with Crippen molar-refractivity contribution in [2.24, 2.45) is 28.6 Å². The van der Waals surface area contributed by atoms with Crippen LogP contribution < -0.4 is 0 Å². The maximum Gasteiger partial charge on any atom is 0.139 e. The number of fused-ring (bicyclic) bond motifs is 1. The fraction of sp³-hybridized carbons (Fsp3) is 0.750. The number of ketones is 1. The van der Waals surface area contributed by atoms with Crippen molar-refractivity contribution in [2.45, 2.75) is 142 Å². The number of Topliss-reactive ketones (excluding diaryl/α,β-unsaturated/α-hetero) is 1. The van der Waals surface area contributed by atoms with Gasteiger partial charge in [0.05, 0.1) is 18.3 Å². The van der Waals surface area contributed by atoms with E-state index in [1.165, 1.54) is 44.1 Å². The van der Waals surface area contributed by atoms with E-state index in [1.54, 1.807) is 0 Å². The lowest BCUT2D eigenvalue weighted by Crippen LogP contribution is -2.35. The summed E-state index contributed by atoms with van der Waals surface area (Å²) in [6, 6.07) is 0. The third kappa shape index (κ3) is 7.28. The van der Waals surface area contributed by atoms with Crippen molar-refractivity contribution >= 4 is 5.78 Å². The molecule has 4 aliphatic rings. The number of aliphatic hydroxyl groups is 3. The predicted molar refractivity (Wildman–Crippen MR) is 164 cm³/mol. The molecule has 0 amide bonds. The Morgan fingerprint density at radius 1 is 1.10 bits per heavy atom. The molecule has 4 fully saturated rings. The highest BCUT2D eigenvalue weighted by atomic mass is 16.3. The van der Waals surface area contributed by atoms with Gasteiger partial charge in [-0.25, -0.2) is 0 Å². The number of carbonyl (C=O) groups is 1. The summed E-state index contributed by atoms with van der Waals surface area (Å²) >= 11 is 0. The summed E-state index contributed by atoms with van der Waals surface area (Å²) in [5, 5.41) is 31.1. The molecule has 40 heavy (non-hydrogen) atoms. The lowest BCUT2D eigenvalue weighted by molar-refractivity contribution is -0.124. The Labute approximate surface area is 243 Å². The number of rotatable bonds is 13. The maximum atomic E-state index is 12.8. The summed E-state index contributed by atoms with van der Waals surface area (Å²) in [6.45, 7) is 11.1. The quantitative estimate of drug-likeness (QED) is 0.161. The first kappa shape index (κ1) is 31.4. The Morgan fingerprint density at radius 3 is 2.60 bits per heavy atom. The van der Waals surface area contributed by atoms with Gasteiger partial charge in [0.15, 0.2) is 0 Å². The predicted octanol–water partition coefficient (Wildman–Crippen LogP) is 7.78. The highest BCUT2D eigenvalue weighted by Crippen LogP contribution is 2.59. The van der Waals surface area contributed by atoms with E-state index < -0.39 is 18.3 Å². The number of aliphatic hydroxyl groups excluding tert-OH is 3. The number of allylic oxidation sites excluding steroid dienone is 4. The molecule has 0 bridgehead atoms. The van der Waals surface area contributed by atoms with E-state index in [0.717, 1.165) is 56.1 Å². The van der Waals surface area contributed by atoms with E-state index in [4.69, 9.17) is 0 Å². The first-order chi connectivity index (χ1) is 19.1. The average molecular weight is 553 g/mol. The molecule has 224 valence electrons. The first-order valence-corrected chi connectivity index (χ1v) is 16.4. The molecule has 0 aliphatic heterocycles. The van der Waals surface area contributed by atoms with Crippen LogP contribution >= 0.6 is 0 Å². The van der Waals surface area contributed by atoms with E-state index in [9.17, 15) is 20.1 Å². The highest BCUT2D eigenvalue weighted by molar-refractivity contribution is 5.87. The van der Waals surface area contributed by atoms with Gasteiger partial charge in [0.2, 0.25) is 0 Å². The fourth-order valence-electron chi connectivity index (χ4n) is 8.36. The molecule has 0 aromatic carbocycles.